The van der Waals surface area contributed by atoms with Gasteiger partial charge in [0.05, 0.1) is 13.2 Å². The summed E-state index contributed by atoms with van der Waals surface area (Å²) in [6.07, 6.45) is 9.02. The molecule has 3 nitrogen and oxygen atoms in total. The van der Waals surface area contributed by atoms with Gasteiger partial charge in [0.25, 0.3) is 0 Å². The molecule has 1 saturated carbocycles. The van der Waals surface area contributed by atoms with Crippen molar-refractivity contribution in [2.75, 3.05) is 13.2 Å². The molecule has 0 atom stereocenters. The van der Waals surface area contributed by atoms with Crippen molar-refractivity contribution in [3.63, 3.8) is 0 Å². The van der Waals surface area contributed by atoms with E-state index in [-0.39, 0.29) is 5.97 Å². The van der Waals surface area contributed by atoms with E-state index in [2.05, 4.69) is 32.0 Å². The lowest BCUT2D eigenvalue weighted by Crippen LogP contribution is -2.55. The quantitative estimate of drug-likeness (QED) is 0.627. The van der Waals surface area contributed by atoms with Crippen LogP contribution < -0.4 is 5.32 Å². The Morgan fingerprint density at radius 3 is 2.42 bits per heavy atom. The van der Waals surface area contributed by atoms with Crippen molar-refractivity contribution in [2.45, 2.75) is 58.9 Å². The summed E-state index contributed by atoms with van der Waals surface area (Å²) in [6, 6.07) is 0. The molecule has 0 heterocycles. The molecule has 0 amide bonds. The first-order valence-corrected chi connectivity index (χ1v) is 7.21. The molecule has 108 valence electrons. The first-order chi connectivity index (χ1) is 8.85. The number of ether oxygens (including phenoxy) is 1. The minimum Gasteiger partial charge on any atom is -0.465 e. The Morgan fingerprint density at radius 2 is 2.00 bits per heavy atom. The van der Waals surface area contributed by atoms with E-state index < -0.39 is 5.54 Å². The van der Waals surface area contributed by atoms with E-state index in [0.717, 1.165) is 25.7 Å². The molecule has 1 aliphatic carbocycles. The van der Waals surface area contributed by atoms with Gasteiger partial charge in [0.1, 0.15) is 5.54 Å². The minimum atomic E-state index is -0.565. The Morgan fingerprint density at radius 1 is 1.42 bits per heavy atom. The van der Waals surface area contributed by atoms with Crippen molar-refractivity contribution in [3.05, 3.63) is 0 Å². The van der Waals surface area contributed by atoms with Crippen molar-refractivity contribution in [1.82, 2.24) is 5.32 Å². The highest BCUT2D eigenvalue weighted by molar-refractivity contribution is 5.81. The summed E-state index contributed by atoms with van der Waals surface area (Å²) in [5.74, 6) is 3.07. The van der Waals surface area contributed by atoms with Crippen LogP contribution in [0.3, 0.4) is 0 Å². The third-order valence-electron chi connectivity index (χ3n) is 4.26. The number of nitrogens with one attached hydrogen (secondary N) is 1. The maximum Gasteiger partial charge on any atom is 0.326 e. The average Bonchev–Trinajstić information content (AvgIpc) is 2.36. The molecule has 0 aromatic rings. The van der Waals surface area contributed by atoms with Gasteiger partial charge in [-0.3, -0.25) is 10.1 Å². The van der Waals surface area contributed by atoms with Crippen LogP contribution in [-0.4, -0.2) is 24.7 Å². The standard InChI is InChI=1S/C16H27NO2/c1-6-12-17-16(14(18)19-7-2)10-8-13(9-11-16)15(3,4)5/h1,13,17H,7-12H2,2-5H3. The van der Waals surface area contributed by atoms with Crippen molar-refractivity contribution < 1.29 is 9.53 Å². The number of rotatable bonds is 4. The zero-order valence-electron chi connectivity index (χ0n) is 12.7. The topological polar surface area (TPSA) is 38.3 Å². The fourth-order valence-corrected chi connectivity index (χ4v) is 2.92. The molecule has 3 heteroatoms. The molecule has 0 bridgehead atoms. The fourth-order valence-electron chi connectivity index (χ4n) is 2.92. The van der Waals surface area contributed by atoms with Gasteiger partial charge in [-0.15, -0.1) is 6.42 Å². The second kappa shape index (κ2) is 6.43. The van der Waals surface area contributed by atoms with Crippen LogP contribution >= 0.6 is 0 Å². The van der Waals surface area contributed by atoms with Crippen LogP contribution in [0.15, 0.2) is 0 Å². The smallest absolute Gasteiger partial charge is 0.326 e. The second-order valence-electron chi connectivity index (χ2n) is 6.50. The lowest BCUT2D eigenvalue weighted by Gasteiger charge is -2.42. The van der Waals surface area contributed by atoms with Gasteiger partial charge in [-0.2, -0.15) is 0 Å². The lowest BCUT2D eigenvalue weighted by atomic mass is 9.67. The van der Waals surface area contributed by atoms with E-state index in [9.17, 15) is 4.79 Å². The Balaban J connectivity index is 2.75. The normalized spacial score (nSPS) is 27.6. The highest BCUT2D eigenvalue weighted by atomic mass is 16.5. The molecule has 1 rings (SSSR count). The molecular weight excluding hydrogens is 238 g/mol. The van der Waals surface area contributed by atoms with E-state index in [0.29, 0.717) is 24.5 Å². The summed E-state index contributed by atoms with van der Waals surface area (Å²) in [7, 11) is 0. The molecule has 0 aromatic carbocycles. The van der Waals surface area contributed by atoms with E-state index in [1.54, 1.807) is 0 Å². The molecular formula is C16H27NO2. The van der Waals surface area contributed by atoms with E-state index >= 15 is 0 Å². The molecule has 1 fully saturated rings. The average molecular weight is 265 g/mol. The Labute approximate surface area is 117 Å². The molecule has 0 aromatic heterocycles. The molecule has 19 heavy (non-hydrogen) atoms. The second-order valence-corrected chi connectivity index (χ2v) is 6.50. The zero-order chi connectivity index (χ0) is 14.5. The van der Waals surface area contributed by atoms with Crippen LogP contribution in [-0.2, 0) is 9.53 Å². The number of carbonyl (C=O) groups is 1. The number of terminal acetylenes is 1. The first kappa shape index (κ1) is 16.0. The van der Waals surface area contributed by atoms with Gasteiger partial charge in [0, 0.05) is 0 Å². The highest BCUT2D eigenvalue weighted by Crippen LogP contribution is 2.41. The van der Waals surface area contributed by atoms with Crippen LogP contribution in [0.1, 0.15) is 53.4 Å². The van der Waals surface area contributed by atoms with Crippen LogP contribution in [0.2, 0.25) is 0 Å². The summed E-state index contributed by atoms with van der Waals surface area (Å²) >= 11 is 0. The van der Waals surface area contributed by atoms with Crippen LogP contribution in [0.4, 0.5) is 0 Å². The monoisotopic (exact) mass is 265 g/mol. The molecule has 0 spiro atoms. The first-order valence-electron chi connectivity index (χ1n) is 7.21. The van der Waals surface area contributed by atoms with Gasteiger partial charge >= 0.3 is 5.97 Å². The molecule has 1 N–H and O–H groups in total. The predicted octanol–water partition coefficient (Wildman–Crippen LogP) is 2.75. The number of hydrogen-bond acceptors (Lipinski definition) is 3. The van der Waals surface area contributed by atoms with Crippen LogP contribution in [0.5, 0.6) is 0 Å². The van der Waals surface area contributed by atoms with Gasteiger partial charge in [-0.1, -0.05) is 26.7 Å². The Kier molecular flexibility index (Phi) is 5.43. The van der Waals surface area contributed by atoms with Gasteiger partial charge in [0.2, 0.25) is 0 Å². The zero-order valence-corrected chi connectivity index (χ0v) is 12.7. The predicted molar refractivity (Wildman–Crippen MR) is 77.6 cm³/mol. The van der Waals surface area contributed by atoms with Gasteiger partial charge in [0.15, 0.2) is 0 Å². The summed E-state index contributed by atoms with van der Waals surface area (Å²) in [5.41, 5.74) is -0.267. The maximum absolute atomic E-state index is 12.2. The van der Waals surface area contributed by atoms with Crippen LogP contribution in [0, 0.1) is 23.7 Å². The van der Waals surface area contributed by atoms with Crippen molar-refractivity contribution in [2.24, 2.45) is 11.3 Å². The lowest BCUT2D eigenvalue weighted by molar-refractivity contribution is -0.153. The molecule has 1 aliphatic rings. The summed E-state index contributed by atoms with van der Waals surface area (Å²) in [5, 5.41) is 3.23. The number of hydrogen-bond donors (Lipinski definition) is 1. The third kappa shape index (κ3) is 3.98. The molecule has 0 saturated heterocycles. The summed E-state index contributed by atoms with van der Waals surface area (Å²) < 4.78 is 5.23. The third-order valence-corrected chi connectivity index (χ3v) is 4.26. The Bertz CT molecular complexity index is 341. The molecule has 0 radical (unpaired) electrons. The van der Waals surface area contributed by atoms with Gasteiger partial charge < -0.3 is 4.74 Å². The van der Waals surface area contributed by atoms with Crippen molar-refractivity contribution in [1.29, 1.82) is 0 Å². The fraction of sp³-hybridized carbons (Fsp3) is 0.812. The van der Waals surface area contributed by atoms with Gasteiger partial charge in [-0.25, -0.2) is 0 Å². The Hall–Kier alpha value is -1.01. The maximum atomic E-state index is 12.2. The number of esters is 1. The highest BCUT2D eigenvalue weighted by Gasteiger charge is 2.44. The largest absolute Gasteiger partial charge is 0.465 e. The summed E-state index contributed by atoms with van der Waals surface area (Å²) in [4.78, 5) is 12.2. The van der Waals surface area contributed by atoms with E-state index in [1.165, 1.54) is 0 Å². The minimum absolute atomic E-state index is 0.141. The molecule has 0 unspecified atom stereocenters. The van der Waals surface area contributed by atoms with E-state index in [1.807, 2.05) is 6.92 Å². The van der Waals surface area contributed by atoms with Crippen molar-refractivity contribution in [3.8, 4) is 12.3 Å². The number of carbonyl (C=O) groups excluding carboxylic acids is 1. The van der Waals surface area contributed by atoms with E-state index in [4.69, 9.17) is 11.2 Å². The SMILES string of the molecule is C#CCNC1(C(=O)OCC)CCC(C(C)(C)C)CC1. The van der Waals surface area contributed by atoms with Crippen molar-refractivity contribution >= 4 is 5.97 Å². The molecule has 0 aliphatic heterocycles. The van der Waals surface area contributed by atoms with Gasteiger partial charge in [-0.05, 0) is 43.9 Å². The van der Waals surface area contributed by atoms with Crippen LogP contribution in [0.25, 0.3) is 0 Å². The summed E-state index contributed by atoms with van der Waals surface area (Å²) in [6.45, 7) is 9.48.